The van der Waals surface area contributed by atoms with Crippen molar-refractivity contribution in [1.82, 2.24) is 5.32 Å². The molecule has 1 unspecified atom stereocenters. The Bertz CT molecular complexity index is 464. The molecule has 3 N–H and O–H groups in total. The Morgan fingerprint density at radius 3 is 2.50 bits per heavy atom. The summed E-state index contributed by atoms with van der Waals surface area (Å²) in [6.45, 7) is 1.64. The SMILES string of the molecule is Cc1ccoc1C(=O)NC(CCC(=O)O)C(=O)O. The van der Waals surface area contributed by atoms with Crippen molar-refractivity contribution in [1.29, 1.82) is 0 Å². The molecular formula is C11H13NO6. The zero-order valence-corrected chi connectivity index (χ0v) is 9.67. The Labute approximate surface area is 102 Å². The fourth-order valence-corrected chi connectivity index (χ4v) is 1.35. The third-order valence-electron chi connectivity index (χ3n) is 2.32. The first-order valence-corrected chi connectivity index (χ1v) is 5.21. The molecule has 1 aromatic rings. The first kappa shape index (κ1) is 13.8. The molecule has 0 saturated carbocycles. The summed E-state index contributed by atoms with van der Waals surface area (Å²) in [4.78, 5) is 32.9. The van der Waals surface area contributed by atoms with E-state index < -0.39 is 23.9 Å². The van der Waals surface area contributed by atoms with Gasteiger partial charge >= 0.3 is 11.9 Å². The number of rotatable bonds is 6. The topological polar surface area (TPSA) is 117 Å². The lowest BCUT2D eigenvalue weighted by Crippen LogP contribution is -2.41. The number of amides is 1. The maximum Gasteiger partial charge on any atom is 0.326 e. The summed E-state index contributed by atoms with van der Waals surface area (Å²) in [5, 5.41) is 19.6. The van der Waals surface area contributed by atoms with E-state index in [0.717, 1.165) is 0 Å². The predicted molar refractivity (Wildman–Crippen MR) is 59.2 cm³/mol. The Morgan fingerprint density at radius 2 is 2.06 bits per heavy atom. The minimum absolute atomic E-state index is 0.0246. The molecule has 0 aliphatic heterocycles. The van der Waals surface area contributed by atoms with Gasteiger partial charge in [-0.25, -0.2) is 4.79 Å². The molecular weight excluding hydrogens is 242 g/mol. The standard InChI is InChI=1S/C11H13NO6/c1-6-4-5-18-9(6)10(15)12-7(11(16)17)2-3-8(13)14/h4-5,7H,2-3H2,1H3,(H,12,15)(H,13,14)(H,16,17). The van der Waals surface area contributed by atoms with Crippen molar-refractivity contribution in [2.45, 2.75) is 25.8 Å². The number of aliphatic carboxylic acids is 2. The quantitative estimate of drug-likeness (QED) is 0.686. The molecule has 1 aromatic heterocycles. The van der Waals surface area contributed by atoms with Gasteiger partial charge in [0.1, 0.15) is 6.04 Å². The smallest absolute Gasteiger partial charge is 0.326 e. The van der Waals surface area contributed by atoms with Crippen molar-refractivity contribution >= 4 is 17.8 Å². The maximum absolute atomic E-state index is 11.7. The number of hydrogen-bond donors (Lipinski definition) is 3. The highest BCUT2D eigenvalue weighted by Crippen LogP contribution is 2.09. The van der Waals surface area contributed by atoms with E-state index in [9.17, 15) is 14.4 Å². The number of hydrogen-bond acceptors (Lipinski definition) is 4. The highest BCUT2D eigenvalue weighted by Gasteiger charge is 2.23. The molecule has 1 heterocycles. The first-order valence-electron chi connectivity index (χ1n) is 5.21. The molecule has 0 aromatic carbocycles. The van der Waals surface area contributed by atoms with Crippen LogP contribution in [0, 0.1) is 6.92 Å². The number of furan rings is 1. The van der Waals surface area contributed by atoms with Crippen molar-refractivity contribution < 1.29 is 29.0 Å². The molecule has 98 valence electrons. The molecule has 7 nitrogen and oxygen atoms in total. The summed E-state index contributed by atoms with van der Waals surface area (Å²) in [5.41, 5.74) is 0.579. The van der Waals surface area contributed by atoms with Crippen LogP contribution >= 0.6 is 0 Å². The predicted octanol–water partition coefficient (Wildman–Crippen LogP) is 0.636. The summed E-state index contributed by atoms with van der Waals surface area (Å²) in [6, 6.07) is 0.320. The van der Waals surface area contributed by atoms with E-state index in [1.807, 2.05) is 0 Å². The third kappa shape index (κ3) is 3.62. The van der Waals surface area contributed by atoms with Crippen LogP contribution in [0.5, 0.6) is 0 Å². The number of carboxylic acids is 2. The summed E-state index contributed by atoms with van der Waals surface area (Å²) in [5.74, 6) is -3.05. The molecule has 0 aliphatic carbocycles. The zero-order valence-electron chi connectivity index (χ0n) is 9.67. The van der Waals surface area contributed by atoms with Crippen LogP contribution < -0.4 is 5.32 Å². The lowest BCUT2D eigenvalue weighted by atomic mass is 10.1. The largest absolute Gasteiger partial charge is 0.481 e. The Kier molecular flexibility index (Phi) is 4.47. The third-order valence-corrected chi connectivity index (χ3v) is 2.32. The molecule has 1 atom stereocenters. The lowest BCUT2D eigenvalue weighted by Gasteiger charge is -2.12. The van der Waals surface area contributed by atoms with E-state index in [2.05, 4.69) is 5.32 Å². The minimum Gasteiger partial charge on any atom is -0.481 e. The Balaban J connectivity index is 2.67. The van der Waals surface area contributed by atoms with Gasteiger partial charge in [0, 0.05) is 12.0 Å². The second-order valence-electron chi connectivity index (χ2n) is 3.73. The summed E-state index contributed by atoms with van der Waals surface area (Å²) in [6.07, 6.45) is 0.793. The van der Waals surface area contributed by atoms with Crippen LogP contribution in [0.1, 0.15) is 29.0 Å². The normalized spacial score (nSPS) is 11.8. The molecule has 7 heteroatoms. The fraction of sp³-hybridized carbons (Fsp3) is 0.364. The van der Waals surface area contributed by atoms with Crippen LogP contribution in [0.2, 0.25) is 0 Å². The van der Waals surface area contributed by atoms with Crippen LogP contribution in [0.4, 0.5) is 0 Å². The van der Waals surface area contributed by atoms with Crippen LogP contribution in [0.3, 0.4) is 0 Å². The number of nitrogens with one attached hydrogen (secondary N) is 1. The maximum atomic E-state index is 11.7. The minimum atomic E-state index is -1.28. The van der Waals surface area contributed by atoms with Gasteiger partial charge in [-0.1, -0.05) is 0 Å². The van der Waals surface area contributed by atoms with E-state index in [4.69, 9.17) is 14.6 Å². The molecule has 0 aliphatic rings. The van der Waals surface area contributed by atoms with Crippen molar-refractivity contribution in [2.24, 2.45) is 0 Å². The van der Waals surface area contributed by atoms with Gasteiger partial charge < -0.3 is 19.9 Å². The van der Waals surface area contributed by atoms with Crippen molar-refractivity contribution in [3.05, 3.63) is 23.7 Å². The average Bonchev–Trinajstić information content (AvgIpc) is 2.69. The summed E-state index contributed by atoms with van der Waals surface area (Å²) in [7, 11) is 0. The number of carbonyl (C=O) groups excluding carboxylic acids is 1. The number of carboxylic acid groups (broad SMARTS) is 2. The second kappa shape index (κ2) is 5.85. The van der Waals surface area contributed by atoms with Crippen molar-refractivity contribution in [3.8, 4) is 0 Å². The van der Waals surface area contributed by atoms with Crippen LogP contribution in [-0.2, 0) is 9.59 Å². The molecule has 0 radical (unpaired) electrons. The van der Waals surface area contributed by atoms with Gasteiger partial charge in [0.25, 0.3) is 5.91 Å². The van der Waals surface area contributed by atoms with Gasteiger partial charge in [-0.05, 0) is 19.4 Å². The van der Waals surface area contributed by atoms with Crippen molar-refractivity contribution in [2.75, 3.05) is 0 Å². The van der Waals surface area contributed by atoms with Gasteiger partial charge in [0.2, 0.25) is 0 Å². The van der Waals surface area contributed by atoms with Gasteiger partial charge in [-0.2, -0.15) is 0 Å². The van der Waals surface area contributed by atoms with Crippen LogP contribution in [0.15, 0.2) is 16.7 Å². The lowest BCUT2D eigenvalue weighted by molar-refractivity contribution is -0.140. The summed E-state index contributed by atoms with van der Waals surface area (Å²) >= 11 is 0. The highest BCUT2D eigenvalue weighted by atomic mass is 16.4. The zero-order chi connectivity index (χ0) is 13.7. The second-order valence-corrected chi connectivity index (χ2v) is 3.73. The van der Waals surface area contributed by atoms with Gasteiger partial charge in [-0.15, -0.1) is 0 Å². The molecule has 1 amide bonds. The van der Waals surface area contributed by atoms with E-state index in [0.29, 0.717) is 5.56 Å². The fourth-order valence-electron chi connectivity index (χ4n) is 1.35. The molecule has 18 heavy (non-hydrogen) atoms. The van der Waals surface area contributed by atoms with Crippen LogP contribution in [0.25, 0.3) is 0 Å². The molecule has 0 spiro atoms. The monoisotopic (exact) mass is 255 g/mol. The van der Waals surface area contributed by atoms with Crippen LogP contribution in [-0.4, -0.2) is 34.1 Å². The average molecular weight is 255 g/mol. The summed E-state index contributed by atoms with van der Waals surface area (Å²) < 4.78 is 4.91. The van der Waals surface area contributed by atoms with E-state index in [1.54, 1.807) is 13.0 Å². The van der Waals surface area contributed by atoms with Crippen molar-refractivity contribution in [3.63, 3.8) is 0 Å². The molecule has 0 fully saturated rings. The van der Waals surface area contributed by atoms with E-state index in [1.165, 1.54) is 6.26 Å². The van der Waals surface area contributed by atoms with Gasteiger partial charge in [-0.3, -0.25) is 9.59 Å². The first-order chi connectivity index (χ1) is 8.41. The number of aryl methyl sites for hydroxylation is 1. The molecule has 1 rings (SSSR count). The van der Waals surface area contributed by atoms with E-state index in [-0.39, 0.29) is 18.6 Å². The van der Waals surface area contributed by atoms with Gasteiger partial charge in [0.15, 0.2) is 5.76 Å². The number of carbonyl (C=O) groups is 3. The Hall–Kier alpha value is -2.31. The molecule has 0 bridgehead atoms. The highest BCUT2D eigenvalue weighted by molar-refractivity contribution is 5.95. The molecule has 0 saturated heterocycles. The Morgan fingerprint density at radius 1 is 1.39 bits per heavy atom. The van der Waals surface area contributed by atoms with Gasteiger partial charge in [0.05, 0.1) is 6.26 Å². The van der Waals surface area contributed by atoms with E-state index >= 15 is 0 Å².